The summed E-state index contributed by atoms with van der Waals surface area (Å²) >= 11 is 0. The van der Waals surface area contributed by atoms with Crippen LogP contribution in [0.2, 0.25) is 0 Å². The highest BCUT2D eigenvalue weighted by Gasteiger charge is 2.53. The highest BCUT2D eigenvalue weighted by Crippen LogP contribution is 2.45. The predicted octanol–water partition coefficient (Wildman–Crippen LogP) is 4.55. The smallest absolute Gasteiger partial charge is 0.0476 e. The molecule has 0 spiro atoms. The van der Waals surface area contributed by atoms with E-state index in [9.17, 15) is 5.21 Å². The Morgan fingerprint density at radius 1 is 1.05 bits per heavy atom. The second-order valence-electron chi connectivity index (χ2n) is 7.47. The second kappa shape index (κ2) is 7.43. The van der Waals surface area contributed by atoms with Crippen molar-refractivity contribution < 1.29 is 5.21 Å². The maximum Gasteiger partial charge on any atom is 0.0476 e. The maximum absolute atomic E-state index is 10.9. The van der Waals surface area contributed by atoms with Crippen LogP contribution in [0, 0.1) is 5.92 Å². The first-order valence-electron chi connectivity index (χ1n) is 9.03. The first kappa shape index (κ1) is 18.9. The molecule has 0 aromatic heterocycles. The van der Waals surface area contributed by atoms with E-state index in [-0.39, 0.29) is 11.1 Å². The highest BCUT2D eigenvalue weighted by atomic mass is 16.5. The second-order valence-corrected chi connectivity index (χ2v) is 7.47. The molecule has 3 nitrogen and oxygen atoms in total. The molecule has 1 aliphatic heterocycles. The molecule has 21 heavy (non-hydrogen) atoms. The Balaban J connectivity index is 3.13. The van der Waals surface area contributed by atoms with Crippen molar-refractivity contribution in [2.24, 2.45) is 5.92 Å². The third-order valence-corrected chi connectivity index (χ3v) is 6.17. The number of rotatable bonds is 7. The van der Waals surface area contributed by atoms with Crippen LogP contribution >= 0.6 is 0 Å². The van der Waals surface area contributed by atoms with Crippen LogP contribution in [0.15, 0.2) is 0 Å². The van der Waals surface area contributed by atoms with Gasteiger partial charge in [0.2, 0.25) is 0 Å². The topological polar surface area (TPSA) is 26.7 Å². The van der Waals surface area contributed by atoms with Gasteiger partial charge in [-0.25, -0.2) is 0 Å². The Labute approximate surface area is 132 Å². The van der Waals surface area contributed by atoms with Gasteiger partial charge in [-0.05, 0) is 65.0 Å². The monoisotopic (exact) mass is 298 g/mol. The van der Waals surface area contributed by atoms with Crippen molar-refractivity contribution in [3.8, 4) is 0 Å². The van der Waals surface area contributed by atoms with Crippen LogP contribution in [0.3, 0.4) is 0 Å². The van der Waals surface area contributed by atoms with Crippen molar-refractivity contribution in [3.05, 3.63) is 0 Å². The Kier molecular flexibility index (Phi) is 6.70. The Morgan fingerprint density at radius 2 is 1.57 bits per heavy atom. The van der Waals surface area contributed by atoms with E-state index in [2.05, 4.69) is 53.4 Å². The zero-order valence-electron chi connectivity index (χ0n) is 15.4. The largest absolute Gasteiger partial charge is 0.313 e. The summed E-state index contributed by atoms with van der Waals surface area (Å²) in [4.78, 5) is 2.68. The fourth-order valence-electron chi connectivity index (χ4n) is 4.17. The van der Waals surface area contributed by atoms with Crippen molar-refractivity contribution in [2.75, 3.05) is 13.1 Å². The van der Waals surface area contributed by atoms with E-state index in [0.717, 1.165) is 19.3 Å². The van der Waals surface area contributed by atoms with Gasteiger partial charge in [-0.3, -0.25) is 4.90 Å². The lowest BCUT2D eigenvalue weighted by atomic mass is 9.68. The van der Waals surface area contributed by atoms with Crippen LogP contribution in [0.1, 0.15) is 80.6 Å². The molecular formula is C18H38N2O. The van der Waals surface area contributed by atoms with E-state index in [4.69, 9.17) is 0 Å². The van der Waals surface area contributed by atoms with E-state index >= 15 is 0 Å². The number of piperidine rings is 1. The zero-order valence-corrected chi connectivity index (χ0v) is 15.4. The minimum atomic E-state index is -0.132. The number of hydroxylamine groups is 2. The van der Waals surface area contributed by atoms with Crippen LogP contribution in [0.25, 0.3) is 0 Å². The molecule has 0 saturated carbocycles. The average Bonchev–Trinajstić information content (AvgIpc) is 2.49. The molecule has 0 bridgehead atoms. The van der Waals surface area contributed by atoms with Crippen LogP contribution in [-0.2, 0) is 0 Å². The standard InChI is InChI=1S/C18H38N2O/c1-8-12-19(13-9-2)16-14-17(6,10-3)20(21)18(7,11-4)15(16)5/h15-16,21H,8-14H2,1-7H3. The average molecular weight is 299 g/mol. The van der Waals surface area contributed by atoms with Crippen LogP contribution in [0.4, 0.5) is 0 Å². The molecule has 4 atom stereocenters. The molecule has 1 rings (SSSR count). The molecule has 1 saturated heterocycles. The lowest BCUT2D eigenvalue weighted by Gasteiger charge is -2.59. The quantitative estimate of drug-likeness (QED) is 0.747. The third kappa shape index (κ3) is 3.46. The van der Waals surface area contributed by atoms with Gasteiger partial charge in [0.1, 0.15) is 0 Å². The molecule has 1 heterocycles. The number of hydrogen-bond acceptors (Lipinski definition) is 3. The molecule has 126 valence electrons. The molecule has 1 fully saturated rings. The minimum Gasteiger partial charge on any atom is -0.313 e. The molecule has 0 amide bonds. The molecule has 4 unspecified atom stereocenters. The van der Waals surface area contributed by atoms with E-state index in [0.29, 0.717) is 12.0 Å². The molecule has 0 radical (unpaired) electrons. The van der Waals surface area contributed by atoms with Gasteiger partial charge < -0.3 is 5.21 Å². The summed E-state index contributed by atoms with van der Waals surface area (Å²) in [5.41, 5.74) is -0.241. The minimum absolute atomic E-state index is 0.109. The SMILES string of the molecule is CCCN(CCC)C1CC(C)(CC)N(O)C(C)(CC)C1C. The summed E-state index contributed by atoms with van der Waals surface area (Å²) in [5, 5.41) is 12.6. The van der Waals surface area contributed by atoms with Gasteiger partial charge >= 0.3 is 0 Å². The van der Waals surface area contributed by atoms with Gasteiger partial charge in [0.05, 0.1) is 0 Å². The number of hydrogen-bond donors (Lipinski definition) is 1. The first-order chi connectivity index (χ1) is 9.80. The van der Waals surface area contributed by atoms with Crippen molar-refractivity contribution in [2.45, 2.75) is 97.7 Å². The fourth-order valence-corrected chi connectivity index (χ4v) is 4.17. The highest BCUT2D eigenvalue weighted by molar-refractivity contribution is 5.06. The van der Waals surface area contributed by atoms with Crippen molar-refractivity contribution in [1.82, 2.24) is 9.96 Å². The zero-order chi connectivity index (χ0) is 16.3. The Bertz CT molecular complexity index is 316. The van der Waals surface area contributed by atoms with Gasteiger partial charge in [0, 0.05) is 17.1 Å². The van der Waals surface area contributed by atoms with Crippen molar-refractivity contribution in [1.29, 1.82) is 0 Å². The van der Waals surface area contributed by atoms with Gasteiger partial charge in [0.15, 0.2) is 0 Å². The third-order valence-electron chi connectivity index (χ3n) is 6.17. The van der Waals surface area contributed by atoms with Gasteiger partial charge in [-0.1, -0.05) is 34.6 Å². The van der Waals surface area contributed by atoms with Gasteiger partial charge in [0.25, 0.3) is 0 Å². The molecule has 1 aliphatic rings. The molecule has 0 aromatic rings. The van der Waals surface area contributed by atoms with Gasteiger partial charge in [-0.2, -0.15) is 5.06 Å². The summed E-state index contributed by atoms with van der Waals surface area (Å²) in [6.45, 7) is 18.1. The molecule has 0 aromatic carbocycles. The fraction of sp³-hybridized carbons (Fsp3) is 1.00. The van der Waals surface area contributed by atoms with Crippen LogP contribution in [-0.4, -0.2) is 45.4 Å². The Hall–Kier alpha value is -0.120. The summed E-state index contributed by atoms with van der Waals surface area (Å²) in [7, 11) is 0. The lowest BCUT2D eigenvalue weighted by Crippen LogP contribution is -2.69. The summed E-state index contributed by atoms with van der Waals surface area (Å²) < 4.78 is 0. The first-order valence-corrected chi connectivity index (χ1v) is 9.03. The summed E-state index contributed by atoms with van der Waals surface area (Å²) in [5.74, 6) is 0.477. The summed E-state index contributed by atoms with van der Waals surface area (Å²) in [6, 6.07) is 0.572. The number of nitrogens with zero attached hydrogens (tertiary/aromatic N) is 2. The molecule has 0 aliphatic carbocycles. The molecule has 1 N–H and O–H groups in total. The maximum atomic E-state index is 10.9. The summed E-state index contributed by atoms with van der Waals surface area (Å²) in [6.07, 6.45) is 5.46. The van der Waals surface area contributed by atoms with E-state index < -0.39 is 0 Å². The molecular weight excluding hydrogens is 260 g/mol. The normalized spacial score (nSPS) is 38.1. The van der Waals surface area contributed by atoms with Crippen LogP contribution < -0.4 is 0 Å². The van der Waals surface area contributed by atoms with Crippen LogP contribution in [0.5, 0.6) is 0 Å². The molecule has 3 heteroatoms. The van der Waals surface area contributed by atoms with E-state index in [1.165, 1.54) is 25.9 Å². The predicted molar refractivity (Wildman–Crippen MR) is 90.7 cm³/mol. The lowest BCUT2D eigenvalue weighted by molar-refractivity contribution is -0.281. The van der Waals surface area contributed by atoms with E-state index in [1.807, 2.05) is 0 Å². The van der Waals surface area contributed by atoms with Crippen molar-refractivity contribution >= 4 is 0 Å². The Morgan fingerprint density at radius 3 is 1.95 bits per heavy atom. The van der Waals surface area contributed by atoms with E-state index in [1.54, 1.807) is 5.06 Å². The van der Waals surface area contributed by atoms with Crippen molar-refractivity contribution in [3.63, 3.8) is 0 Å². The van der Waals surface area contributed by atoms with Gasteiger partial charge in [-0.15, -0.1) is 0 Å².